The fraction of sp³-hybridized carbons (Fsp3) is 0.914. The normalized spacial score (nSPS) is 37.7. The monoisotopic (exact) mass is 571 g/mol. The van der Waals surface area contributed by atoms with Crippen LogP contribution in [-0.2, 0) is 4.74 Å². The Morgan fingerprint density at radius 1 is 1.02 bits per heavy atom. The Kier molecular flexibility index (Phi) is 10.4. The number of carbonyl (C=O) groups excluding carboxylic acids is 1. The Morgan fingerprint density at radius 3 is 2.51 bits per heavy atom. The average molecular weight is 572 g/mol. The van der Waals surface area contributed by atoms with E-state index in [0.717, 1.165) is 88.1 Å². The van der Waals surface area contributed by atoms with Crippen LogP contribution < -0.4 is 5.32 Å². The molecule has 0 bridgehead atoms. The Hall–Kier alpha value is -1.11. The maximum atomic E-state index is 12.7. The smallest absolute Gasteiger partial charge is 0.407 e. The highest BCUT2D eigenvalue weighted by atomic mass is 16.6. The van der Waals surface area contributed by atoms with Gasteiger partial charge in [0.1, 0.15) is 6.10 Å². The van der Waals surface area contributed by atoms with Gasteiger partial charge in [0.25, 0.3) is 0 Å². The van der Waals surface area contributed by atoms with Crippen LogP contribution >= 0.6 is 0 Å². The van der Waals surface area contributed by atoms with Crippen LogP contribution in [0.25, 0.3) is 0 Å². The predicted octanol–water partition coefficient (Wildman–Crippen LogP) is 6.49. The summed E-state index contributed by atoms with van der Waals surface area (Å²) in [5, 5.41) is 12.1. The quantitative estimate of drug-likeness (QED) is 0.219. The molecule has 0 aromatic heterocycles. The number of unbranched alkanes of at least 4 members (excludes halogenated alkanes) is 1. The Bertz CT molecular complexity index is 899. The van der Waals surface area contributed by atoms with Crippen molar-refractivity contribution >= 4 is 6.09 Å². The molecule has 7 atom stereocenters. The molecule has 0 spiro atoms. The fourth-order valence-corrected chi connectivity index (χ4v) is 10.1. The number of nitrogens with one attached hydrogen (secondary N) is 1. The highest BCUT2D eigenvalue weighted by molar-refractivity contribution is 5.67. The first kappa shape index (κ1) is 31.3. The number of nitrogens with zero attached hydrogens (tertiary/aromatic N) is 2. The van der Waals surface area contributed by atoms with Gasteiger partial charge >= 0.3 is 6.09 Å². The first-order valence-electron chi connectivity index (χ1n) is 17.4. The van der Waals surface area contributed by atoms with Crippen molar-refractivity contribution in [3.63, 3.8) is 0 Å². The molecule has 4 aliphatic carbocycles. The number of carbonyl (C=O) groups is 1. The lowest BCUT2D eigenvalue weighted by Gasteiger charge is -2.58. The lowest BCUT2D eigenvalue weighted by Crippen LogP contribution is -2.51. The van der Waals surface area contributed by atoms with E-state index in [4.69, 9.17) is 9.84 Å². The van der Waals surface area contributed by atoms with Crippen molar-refractivity contribution in [2.45, 2.75) is 111 Å². The number of alkyl carbamates (subject to hydrolysis) is 1. The van der Waals surface area contributed by atoms with Crippen molar-refractivity contribution in [1.82, 2.24) is 15.1 Å². The summed E-state index contributed by atoms with van der Waals surface area (Å²) in [6.07, 6.45) is 18.1. The summed E-state index contributed by atoms with van der Waals surface area (Å²) in [5.41, 5.74) is 2.45. The number of aliphatic hydroxyl groups excluding tert-OH is 1. The SMILES string of the molecule is CC(C)CCCCC1CCC2C3CC=C4CC(OC(=O)NCCN5CCN(CCO)CC5)CCC4(C)C3CCC12C. The van der Waals surface area contributed by atoms with Crippen molar-refractivity contribution in [2.75, 3.05) is 52.4 Å². The van der Waals surface area contributed by atoms with E-state index in [9.17, 15) is 4.79 Å². The van der Waals surface area contributed by atoms with Gasteiger partial charge in [-0.15, -0.1) is 0 Å². The Morgan fingerprint density at radius 2 is 1.78 bits per heavy atom. The third-order valence-corrected chi connectivity index (χ3v) is 12.7. The molecule has 234 valence electrons. The topological polar surface area (TPSA) is 65.0 Å². The predicted molar refractivity (Wildman–Crippen MR) is 167 cm³/mol. The van der Waals surface area contributed by atoms with Gasteiger partial charge in [-0.1, -0.05) is 58.6 Å². The third-order valence-electron chi connectivity index (χ3n) is 12.7. The van der Waals surface area contributed by atoms with Gasteiger partial charge in [-0.25, -0.2) is 4.79 Å². The molecule has 5 aliphatic rings. The molecule has 6 nitrogen and oxygen atoms in total. The lowest BCUT2D eigenvalue weighted by molar-refractivity contribution is -0.0519. The van der Waals surface area contributed by atoms with E-state index in [1.165, 1.54) is 57.8 Å². The number of fused-ring (bicyclic) bond motifs is 5. The van der Waals surface area contributed by atoms with Crippen LogP contribution in [-0.4, -0.2) is 79.5 Å². The van der Waals surface area contributed by atoms with E-state index in [2.05, 4.69) is 48.9 Å². The van der Waals surface area contributed by atoms with Gasteiger partial charge in [-0.2, -0.15) is 0 Å². The van der Waals surface area contributed by atoms with Gasteiger partial charge in [0.15, 0.2) is 0 Å². The standard InChI is InChI=1S/C35H61N3O3/c1-26(2)7-5-6-8-27-10-12-31-30-11-9-28-25-29(13-15-35(28,4)32(30)14-16-34(27,31)3)41-33(40)36-17-18-37-19-21-38(22-20-37)23-24-39/h9,26-27,29-32,39H,5-8,10-25H2,1-4H3,(H,36,40). The van der Waals surface area contributed by atoms with Gasteiger partial charge in [0, 0.05) is 52.2 Å². The summed E-state index contributed by atoms with van der Waals surface area (Å²) in [7, 11) is 0. The summed E-state index contributed by atoms with van der Waals surface area (Å²) >= 11 is 0. The van der Waals surface area contributed by atoms with Crippen molar-refractivity contribution in [3.05, 3.63) is 11.6 Å². The summed E-state index contributed by atoms with van der Waals surface area (Å²) in [6, 6.07) is 0. The molecule has 1 amide bonds. The second-order valence-electron chi connectivity index (χ2n) is 15.4. The van der Waals surface area contributed by atoms with Gasteiger partial charge in [0.2, 0.25) is 0 Å². The molecular formula is C35H61N3O3. The number of ether oxygens (including phenoxy) is 1. The van der Waals surface area contributed by atoms with Gasteiger partial charge in [-0.3, -0.25) is 9.80 Å². The number of aliphatic hydroxyl groups is 1. The first-order chi connectivity index (χ1) is 19.7. The molecule has 1 heterocycles. The van der Waals surface area contributed by atoms with Crippen LogP contribution in [0.3, 0.4) is 0 Å². The second kappa shape index (κ2) is 13.7. The summed E-state index contributed by atoms with van der Waals surface area (Å²) in [4.78, 5) is 17.4. The van der Waals surface area contributed by atoms with E-state index in [-0.39, 0.29) is 18.8 Å². The average Bonchev–Trinajstić information content (AvgIpc) is 3.28. The number of hydrogen-bond donors (Lipinski definition) is 2. The summed E-state index contributed by atoms with van der Waals surface area (Å²) in [5.74, 6) is 4.36. The zero-order valence-corrected chi connectivity index (χ0v) is 26.8. The van der Waals surface area contributed by atoms with Gasteiger partial charge < -0.3 is 15.2 Å². The zero-order chi connectivity index (χ0) is 29.0. The largest absolute Gasteiger partial charge is 0.446 e. The lowest BCUT2D eigenvalue weighted by atomic mass is 9.47. The van der Waals surface area contributed by atoms with Crippen molar-refractivity contribution in [3.8, 4) is 0 Å². The Balaban J connectivity index is 1.08. The number of hydrogen-bond acceptors (Lipinski definition) is 5. The molecular weight excluding hydrogens is 510 g/mol. The number of β-amino-alcohol motifs (C(OH)–C–C–N with tert-alkyl or cyclic N) is 1. The maximum absolute atomic E-state index is 12.7. The van der Waals surface area contributed by atoms with Crippen LogP contribution in [0.15, 0.2) is 11.6 Å². The first-order valence-corrected chi connectivity index (χ1v) is 17.4. The third kappa shape index (κ3) is 7.01. The van der Waals surface area contributed by atoms with E-state index in [1.54, 1.807) is 5.57 Å². The van der Waals surface area contributed by atoms with Crippen molar-refractivity contribution in [1.29, 1.82) is 0 Å². The van der Waals surface area contributed by atoms with Crippen molar-refractivity contribution < 1.29 is 14.6 Å². The molecule has 1 aliphatic heterocycles. The highest BCUT2D eigenvalue weighted by Gasteiger charge is 2.58. The van der Waals surface area contributed by atoms with Crippen LogP contribution in [0.5, 0.6) is 0 Å². The van der Waals surface area contributed by atoms with E-state index < -0.39 is 0 Å². The van der Waals surface area contributed by atoms with E-state index >= 15 is 0 Å². The molecule has 0 radical (unpaired) electrons. The van der Waals surface area contributed by atoms with Crippen LogP contribution in [0.2, 0.25) is 0 Å². The van der Waals surface area contributed by atoms with Crippen molar-refractivity contribution in [2.24, 2.45) is 40.4 Å². The molecule has 0 aromatic carbocycles. The van der Waals surface area contributed by atoms with Gasteiger partial charge in [0.05, 0.1) is 6.61 Å². The fourth-order valence-electron chi connectivity index (χ4n) is 10.1. The number of rotatable bonds is 11. The summed E-state index contributed by atoms with van der Waals surface area (Å²) < 4.78 is 5.98. The Labute approximate surface area is 251 Å². The number of amides is 1. The van der Waals surface area contributed by atoms with Crippen LogP contribution in [0.4, 0.5) is 4.79 Å². The maximum Gasteiger partial charge on any atom is 0.407 e. The molecule has 41 heavy (non-hydrogen) atoms. The van der Waals surface area contributed by atoms with Crippen LogP contribution in [0.1, 0.15) is 105 Å². The number of piperazine rings is 1. The highest BCUT2D eigenvalue weighted by Crippen LogP contribution is 2.66. The van der Waals surface area contributed by atoms with Crippen LogP contribution in [0, 0.1) is 40.4 Å². The minimum Gasteiger partial charge on any atom is -0.446 e. The summed E-state index contributed by atoms with van der Waals surface area (Å²) in [6.45, 7) is 16.4. The molecule has 5 rings (SSSR count). The molecule has 4 fully saturated rings. The minimum absolute atomic E-state index is 0.0171. The molecule has 2 N–H and O–H groups in total. The number of allylic oxidation sites excluding steroid dienone is 1. The van der Waals surface area contributed by atoms with E-state index in [1.807, 2.05) is 0 Å². The molecule has 3 saturated carbocycles. The minimum atomic E-state index is -0.245. The molecule has 7 unspecified atom stereocenters. The zero-order valence-electron chi connectivity index (χ0n) is 26.8. The second-order valence-corrected chi connectivity index (χ2v) is 15.4. The van der Waals surface area contributed by atoms with E-state index in [0.29, 0.717) is 17.4 Å². The van der Waals surface area contributed by atoms with Gasteiger partial charge in [-0.05, 0) is 91.8 Å². The molecule has 6 heteroatoms. The molecule has 0 aromatic rings. The molecule has 1 saturated heterocycles.